The Balaban J connectivity index is 3.21. The molecule has 0 atom stereocenters. The fourth-order valence-electron chi connectivity index (χ4n) is 0.701. The van der Waals surface area contributed by atoms with Gasteiger partial charge in [-0.25, -0.2) is 8.78 Å². The van der Waals surface area contributed by atoms with Crippen LogP contribution < -0.4 is 0 Å². The van der Waals surface area contributed by atoms with Crippen LogP contribution in [-0.4, -0.2) is 0 Å². The van der Waals surface area contributed by atoms with Crippen LogP contribution in [-0.2, 0) is 0 Å². The van der Waals surface area contributed by atoms with Crippen LogP contribution in [0.3, 0.4) is 0 Å². The highest BCUT2D eigenvalue weighted by molar-refractivity contribution is 9.11. The van der Waals surface area contributed by atoms with E-state index < -0.39 is 6.43 Å². The third-order valence-corrected chi connectivity index (χ3v) is 3.37. The van der Waals surface area contributed by atoms with E-state index in [0.29, 0.717) is 14.0 Å². The minimum absolute atomic E-state index is 0.0573. The second kappa shape index (κ2) is 4.03. The first-order chi connectivity index (χ1) is 5.52. The van der Waals surface area contributed by atoms with Crippen molar-refractivity contribution >= 4 is 43.5 Å². The van der Waals surface area contributed by atoms with E-state index in [-0.39, 0.29) is 5.56 Å². The molecule has 0 saturated heterocycles. The molecule has 1 rings (SSSR count). The molecule has 0 amide bonds. The molecular formula is C7H3Br2ClF2. The second-order valence-corrected chi connectivity index (χ2v) is 4.19. The average Bonchev–Trinajstić information content (AvgIpc) is 1.99. The summed E-state index contributed by atoms with van der Waals surface area (Å²) in [6.45, 7) is 0. The van der Waals surface area contributed by atoms with Gasteiger partial charge in [-0.05, 0) is 44.0 Å². The number of hydrogen-bond donors (Lipinski definition) is 0. The Bertz CT molecular complexity index is 278. The van der Waals surface area contributed by atoms with Crippen LogP contribution in [0.15, 0.2) is 21.1 Å². The van der Waals surface area contributed by atoms with Crippen LogP contribution in [0.1, 0.15) is 12.0 Å². The summed E-state index contributed by atoms with van der Waals surface area (Å²) in [5, 5.41) is 0.402. The van der Waals surface area contributed by atoms with E-state index in [1.165, 1.54) is 12.1 Å². The van der Waals surface area contributed by atoms with E-state index in [4.69, 9.17) is 11.6 Å². The molecule has 0 aliphatic rings. The number of hydrogen-bond acceptors (Lipinski definition) is 0. The molecule has 0 N–H and O–H groups in total. The number of benzene rings is 1. The first-order valence-electron chi connectivity index (χ1n) is 2.95. The molecule has 0 aliphatic heterocycles. The predicted molar refractivity (Wildman–Crippen MR) is 51.8 cm³/mol. The number of alkyl halides is 2. The summed E-state index contributed by atoms with van der Waals surface area (Å²) in [7, 11) is 0. The largest absolute Gasteiger partial charge is 0.263 e. The molecule has 12 heavy (non-hydrogen) atoms. The lowest BCUT2D eigenvalue weighted by Gasteiger charge is -2.03. The van der Waals surface area contributed by atoms with Gasteiger partial charge in [0.15, 0.2) is 0 Å². The lowest BCUT2D eigenvalue weighted by molar-refractivity contribution is 0.151. The van der Waals surface area contributed by atoms with Crippen molar-refractivity contribution in [3.05, 3.63) is 31.7 Å². The Kier molecular flexibility index (Phi) is 3.49. The third kappa shape index (κ3) is 2.18. The Morgan fingerprint density at radius 2 is 1.58 bits per heavy atom. The van der Waals surface area contributed by atoms with Gasteiger partial charge in [0, 0.05) is 14.5 Å². The van der Waals surface area contributed by atoms with Gasteiger partial charge in [0.25, 0.3) is 6.43 Å². The molecule has 0 spiro atoms. The third-order valence-electron chi connectivity index (χ3n) is 1.26. The van der Waals surface area contributed by atoms with Gasteiger partial charge in [0.2, 0.25) is 0 Å². The molecule has 5 heteroatoms. The molecule has 1 aromatic rings. The molecule has 0 aliphatic carbocycles. The van der Waals surface area contributed by atoms with E-state index in [1.807, 2.05) is 0 Å². The summed E-state index contributed by atoms with van der Waals surface area (Å²) in [5.41, 5.74) is -0.0573. The normalized spacial score (nSPS) is 10.8. The molecule has 0 heterocycles. The van der Waals surface area contributed by atoms with Crippen LogP contribution in [0.25, 0.3) is 0 Å². The minimum Gasteiger partial charge on any atom is -0.205 e. The van der Waals surface area contributed by atoms with Gasteiger partial charge in [-0.15, -0.1) is 0 Å². The quantitative estimate of drug-likeness (QED) is 0.652. The standard InChI is InChI=1S/C7H3Br2ClF2/c8-4-1-3(7(11)12)2-5(9)6(4)10/h1-2,7H. The van der Waals surface area contributed by atoms with Gasteiger partial charge in [-0.1, -0.05) is 11.6 Å². The summed E-state index contributed by atoms with van der Waals surface area (Å²) >= 11 is 11.9. The maximum atomic E-state index is 12.2. The van der Waals surface area contributed by atoms with Crippen molar-refractivity contribution in [1.82, 2.24) is 0 Å². The predicted octanol–water partition coefficient (Wildman–Crippen LogP) is 4.80. The number of rotatable bonds is 1. The summed E-state index contributed by atoms with van der Waals surface area (Å²) < 4.78 is 25.3. The highest BCUT2D eigenvalue weighted by Gasteiger charge is 2.11. The van der Waals surface area contributed by atoms with Crippen molar-refractivity contribution in [1.29, 1.82) is 0 Å². The van der Waals surface area contributed by atoms with Gasteiger partial charge in [-0.3, -0.25) is 0 Å². The summed E-state index contributed by atoms with van der Waals surface area (Å²) in [4.78, 5) is 0. The maximum absolute atomic E-state index is 12.2. The van der Waals surface area contributed by atoms with E-state index in [0.717, 1.165) is 0 Å². The zero-order valence-electron chi connectivity index (χ0n) is 5.62. The SMILES string of the molecule is FC(F)c1cc(Br)c(Cl)c(Br)c1. The zero-order valence-corrected chi connectivity index (χ0v) is 9.55. The van der Waals surface area contributed by atoms with Gasteiger partial charge < -0.3 is 0 Å². The highest BCUT2D eigenvalue weighted by Crippen LogP contribution is 2.34. The summed E-state index contributed by atoms with van der Waals surface area (Å²) in [5.74, 6) is 0. The van der Waals surface area contributed by atoms with Crippen molar-refractivity contribution in [3.8, 4) is 0 Å². The molecule has 0 unspecified atom stereocenters. The van der Waals surface area contributed by atoms with Crippen LogP contribution in [0.4, 0.5) is 8.78 Å². The minimum atomic E-state index is -2.48. The molecule has 0 nitrogen and oxygen atoms in total. The summed E-state index contributed by atoms with van der Waals surface area (Å²) in [6.07, 6.45) is -2.48. The van der Waals surface area contributed by atoms with E-state index in [1.54, 1.807) is 0 Å². The van der Waals surface area contributed by atoms with Crippen molar-refractivity contribution in [2.24, 2.45) is 0 Å². The monoisotopic (exact) mass is 318 g/mol. The lowest BCUT2D eigenvalue weighted by atomic mass is 10.2. The van der Waals surface area contributed by atoms with Crippen molar-refractivity contribution in [2.75, 3.05) is 0 Å². The average molecular weight is 320 g/mol. The zero-order chi connectivity index (χ0) is 9.30. The van der Waals surface area contributed by atoms with Gasteiger partial charge in [0.05, 0.1) is 5.02 Å². The Morgan fingerprint density at radius 1 is 1.17 bits per heavy atom. The lowest BCUT2D eigenvalue weighted by Crippen LogP contribution is -1.85. The first-order valence-corrected chi connectivity index (χ1v) is 4.91. The van der Waals surface area contributed by atoms with Gasteiger partial charge in [-0.2, -0.15) is 0 Å². The van der Waals surface area contributed by atoms with Crippen LogP contribution in [0.5, 0.6) is 0 Å². The van der Waals surface area contributed by atoms with Crippen LogP contribution >= 0.6 is 43.5 Å². The molecular weight excluding hydrogens is 317 g/mol. The summed E-state index contributed by atoms with van der Waals surface area (Å²) in [6, 6.07) is 2.61. The molecule has 66 valence electrons. The van der Waals surface area contributed by atoms with E-state index in [9.17, 15) is 8.78 Å². The topological polar surface area (TPSA) is 0 Å². The highest BCUT2D eigenvalue weighted by atomic mass is 79.9. The van der Waals surface area contributed by atoms with E-state index in [2.05, 4.69) is 31.9 Å². The fourth-order valence-corrected chi connectivity index (χ4v) is 2.03. The number of halogens is 5. The smallest absolute Gasteiger partial charge is 0.205 e. The Hall–Kier alpha value is 0.330. The van der Waals surface area contributed by atoms with Crippen molar-refractivity contribution in [2.45, 2.75) is 6.43 Å². The molecule has 0 bridgehead atoms. The van der Waals surface area contributed by atoms with Gasteiger partial charge in [0.1, 0.15) is 0 Å². The molecule has 0 radical (unpaired) electrons. The molecule has 0 fully saturated rings. The van der Waals surface area contributed by atoms with Crippen molar-refractivity contribution < 1.29 is 8.78 Å². The molecule has 1 aromatic carbocycles. The Morgan fingerprint density at radius 3 is 1.92 bits per heavy atom. The maximum Gasteiger partial charge on any atom is 0.263 e. The molecule has 0 saturated carbocycles. The van der Waals surface area contributed by atoms with Gasteiger partial charge >= 0.3 is 0 Å². The van der Waals surface area contributed by atoms with Crippen LogP contribution in [0.2, 0.25) is 5.02 Å². The second-order valence-electron chi connectivity index (χ2n) is 2.10. The van der Waals surface area contributed by atoms with Crippen LogP contribution in [0, 0.1) is 0 Å². The Labute approximate surface area is 90.2 Å². The van der Waals surface area contributed by atoms with E-state index >= 15 is 0 Å². The van der Waals surface area contributed by atoms with Crippen molar-refractivity contribution in [3.63, 3.8) is 0 Å². The fraction of sp³-hybridized carbons (Fsp3) is 0.143. The molecule has 0 aromatic heterocycles. The first kappa shape index (κ1) is 10.4.